The maximum atomic E-state index is 13.8. The molecule has 376 valence electrons. The molecule has 0 saturated carbocycles. The number of fused-ring (bicyclic) bond motifs is 4. The number of amides is 3. The smallest absolute Gasteiger partial charge is 0.264 e. The van der Waals surface area contributed by atoms with Gasteiger partial charge in [-0.15, -0.1) is 0 Å². The van der Waals surface area contributed by atoms with Crippen LogP contribution in [0.5, 0.6) is 23.0 Å². The fraction of sp³-hybridized carbons (Fsp3) is 0.151. The van der Waals surface area contributed by atoms with E-state index in [1.54, 1.807) is 96.7 Å². The number of aryl methyl sites for hydroxylation is 4. The predicted molar refractivity (Wildman–Crippen MR) is 272 cm³/mol. The fourth-order valence-corrected chi connectivity index (χ4v) is 11.0. The Morgan fingerprint density at radius 3 is 1.51 bits per heavy atom. The molecular formula is C53H46N8O11S2. The summed E-state index contributed by atoms with van der Waals surface area (Å²) in [5.41, 5.74) is 12.2. The number of nitrogens with zero attached hydrogens (tertiary/aromatic N) is 4. The Kier molecular flexibility index (Phi) is 12.7. The molecule has 19 nitrogen and oxygen atoms in total. The Labute approximate surface area is 424 Å². The van der Waals surface area contributed by atoms with Gasteiger partial charge in [0, 0.05) is 59.4 Å². The van der Waals surface area contributed by atoms with E-state index < -0.39 is 49.6 Å². The summed E-state index contributed by atoms with van der Waals surface area (Å²) in [6.45, 7) is 3.84. The van der Waals surface area contributed by atoms with Gasteiger partial charge in [-0.25, -0.2) is 31.3 Å². The summed E-state index contributed by atoms with van der Waals surface area (Å²) in [5.74, 6) is -1.29. The van der Waals surface area contributed by atoms with Gasteiger partial charge in [0.2, 0.25) is 31.3 Å². The van der Waals surface area contributed by atoms with Crippen molar-refractivity contribution in [3.05, 3.63) is 179 Å². The summed E-state index contributed by atoms with van der Waals surface area (Å²) >= 11 is 0. The van der Waals surface area contributed by atoms with Crippen molar-refractivity contribution in [3.8, 4) is 34.4 Å². The van der Waals surface area contributed by atoms with Crippen molar-refractivity contribution < 1.29 is 50.2 Å². The minimum atomic E-state index is -4.14. The lowest BCUT2D eigenvalue weighted by atomic mass is 9.90. The van der Waals surface area contributed by atoms with Crippen molar-refractivity contribution in [2.45, 2.75) is 35.5 Å². The average molecular weight is 1040 g/mol. The molecule has 2 aliphatic heterocycles. The van der Waals surface area contributed by atoms with Crippen LogP contribution in [0.4, 0.5) is 0 Å². The van der Waals surface area contributed by atoms with Crippen LogP contribution in [-0.2, 0) is 43.7 Å². The van der Waals surface area contributed by atoms with E-state index in [4.69, 9.17) is 24.7 Å². The maximum absolute atomic E-state index is 13.8. The van der Waals surface area contributed by atoms with Gasteiger partial charge in [-0.05, 0) is 103 Å². The molecule has 74 heavy (non-hydrogen) atoms. The highest BCUT2D eigenvalue weighted by molar-refractivity contribution is 7.90. The molecule has 0 bridgehead atoms. The Morgan fingerprint density at radius 1 is 0.595 bits per heavy atom. The van der Waals surface area contributed by atoms with Crippen molar-refractivity contribution in [1.29, 1.82) is 0 Å². The molecule has 3 aromatic heterocycles. The molecule has 5 heterocycles. The monoisotopic (exact) mass is 1030 g/mol. The molecule has 9 aromatic rings. The molecule has 3 amide bonds. The highest BCUT2D eigenvalue weighted by Gasteiger charge is 2.34. The van der Waals surface area contributed by atoms with Crippen LogP contribution in [0, 0.1) is 13.8 Å². The van der Waals surface area contributed by atoms with Gasteiger partial charge in [0.05, 0.1) is 21.6 Å². The van der Waals surface area contributed by atoms with E-state index in [2.05, 4.69) is 24.6 Å². The third kappa shape index (κ3) is 9.48. The van der Waals surface area contributed by atoms with E-state index in [1.807, 2.05) is 49.9 Å². The summed E-state index contributed by atoms with van der Waals surface area (Å²) in [6, 6.07) is 33.4. The molecule has 5 N–H and O–H groups in total. The fourth-order valence-electron chi connectivity index (χ4n) is 9.00. The molecule has 6 aromatic carbocycles. The van der Waals surface area contributed by atoms with Gasteiger partial charge in [0.15, 0.2) is 28.8 Å². The van der Waals surface area contributed by atoms with Crippen LogP contribution >= 0.6 is 0 Å². The number of rotatable bonds is 12. The van der Waals surface area contributed by atoms with Gasteiger partial charge in [0.25, 0.3) is 20.0 Å². The van der Waals surface area contributed by atoms with E-state index in [1.165, 1.54) is 30.6 Å². The Bertz CT molecular complexity index is 3910. The number of aromatic amines is 1. The molecule has 0 saturated heterocycles. The van der Waals surface area contributed by atoms with Gasteiger partial charge in [-0.2, -0.15) is 5.10 Å². The van der Waals surface area contributed by atoms with Crippen molar-refractivity contribution in [1.82, 2.24) is 33.8 Å². The topological polar surface area (TPSA) is 258 Å². The largest absolute Gasteiger partial charge is 0.454 e. The molecule has 2 aliphatic rings. The molecule has 21 heteroatoms. The van der Waals surface area contributed by atoms with Crippen LogP contribution in [0.1, 0.15) is 55.6 Å². The molecule has 0 fully saturated rings. The molecular weight excluding hydrogens is 989 g/mol. The number of aromatic nitrogens is 5. The number of nitrogens with one attached hydrogen (secondary N) is 3. The van der Waals surface area contributed by atoms with Crippen LogP contribution in [0.3, 0.4) is 0 Å². The molecule has 0 aliphatic carbocycles. The normalized spacial score (nSPS) is 13.5. The number of ether oxygens (including phenoxy) is 4. The first-order chi connectivity index (χ1) is 35.4. The van der Waals surface area contributed by atoms with Crippen LogP contribution in [0.15, 0.2) is 150 Å². The SMILES string of the molecule is Cc1ccc(S(=O)(=O)NC(=O)C(c2ccc3c(c2)OCO3)c2cn(C)c3cc(-c4ncn[nH]4)ccc23)cc1.Cc1ccc(S(=O)(=O)NC(=O)C(c2ccc3c(c2)OCO3)c2cn(C)c3cc(C(N)=O)ccc23)cc1. The maximum Gasteiger partial charge on any atom is 0.264 e. The van der Waals surface area contributed by atoms with Crippen molar-refractivity contribution in [3.63, 3.8) is 0 Å². The average Bonchev–Trinajstić information content (AvgIpc) is 4.24. The lowest BCUT2D eigenvalue weighted by Gasteiger charge is -2.18. The predicted octanol–water partition coefficient (Wildman–Crippen LogP) is 6.59. The lowest BCUT2D eigenvalue weighted by Crippen LogP contribution is -2.35. The van der Waals surface area contributed by atoms with Gasteiger partial charge in [-0.3, -0.25) is 19.5 Å². The third-order valence-electron chi connectivity index (χ3n) is 12.8. The number of carbonyl (C=O) groups excluding carboxylic acids is 3. The summed E-state index contributed by atoms with van der Waals surface area (Å²) < 4.78 is 82.5. The number of hydrogen-bond donors (Lipinski definition) is 4. The molecule has 2 unspecified atom stereocenters. The molecule has 2 atom stereocenters. The summed E-state index contributed by atoms with van der Waals surface area (Å²) in [4.78, 5) is 43.4. The first-order valence-corrected chi connectivity index (χ1v) is 25.8. The second-order valence-electron chi connectivity index (χ2n) is 17.7. The minimum absolute atomic E-state index is 0.00973. The zero-order valence-corrected chi connectivity index (χ0v) is 41.7. The number of primary amides is 1. The number of nitrogens with two attached hydrogens (primary N) is 1. The molecule has 0 radical (unpaired) electrons. The Balaban J connectivity index is 0.000000170. The van der Waals surface area contributed by atoms with Crippen LogP contribution < -0.4 is 34.1 Å². The molecule has 11 rings (SSSR count). The number of carbonyl (C=O) groups is 3. The van der Waals surface area contributed by atoms with Crippen LogP contribution in [0.2, 0.25) is 0 Å². The zero-order valence-electron chi connectivity index (χ0n) is 40.0. The zero-order chi connectivity index (χ0) is 52.1. The van der Waals surface area contributed by atoms with Crippen LogP contribution in [-0.4, -0.2) is 72.5 Å². The van der Waals surface area contributed by atoms with E-state index >= 15 is 0 Å². The van der Waals surface area contributed by atoms with Gasteiger partial charge >= 0.3 is 0 Å². The quantitative estimate of drug-likeness (QED) is 0.101. The molecule has 0 spiro atoms. The van der Waals surface area contributed by atoms with Crippen molar-refractivity contribution in [2.24, 2.45) is 19.8 Å². The van der Waals surface area contributed by atoms with Crippen LogP contribution in [0.25, 0.3) is 33.2 Å². The first kappa shape index (κ1) is 48.7. The van der Waals surface area contributed by atoms with Crippen molar-refractivity contribution >= 4 is 59.6 Å². The highest BCUT2D eigenvalue weighted by atomic mass is 32.2. The van der Waals surface area contributed by atoms with E-state index in [9.17, 15) is 31.2 Å². The second kappa shape index (κ2) is 19.2. The van der Waals surface area contributed by atoms with E-state index in [-0.39, 0.29) is 23.4 Å². The van der Waals surface area contributed by atoms with Gasteiger partial charge < -0.3 is 33.8 Å². The van der Waals surface area contributed by atoms with Crippen molar-refractivity contribution in [2.75, 3.05) is 13.6 Å². The first-order valence-electron chi connectivity index (χ1n) is 22.8. The summed E-state index contributed by atoms with van der Waals surface area (Å²) in [5, 5.41) is 8.23. The van der Waals surface area contributed by atoms with Gasteiger partial charge in [-0.1, -0.05) is 65.7 Å². The number of benzene rings is 6. The van der Waals surface area contributed by atoms with E-state index in [0.29, 0.717) is 67.5 Å². The highest BCUT2D eigenvalue weighted by Crippen LogP contribution is 2.41. The second-order valence-corrected chi connectivity index (χ2v) is 21.1. The number of hydrogen-bond acceptors (Lipinski definition) is 13. The minimum Gasteiger partial charge on any atom is -0.454 e. The van der Waals surface area contributed by atoms with E-state index in [0.717, 1.165) is 27.6 Å². The Hall–Kier alpha value is -8.95. The Morgan fingerprint density at radius 2 is 1.05 bits per heavy atom. The third-order valence-corrected chi connectivity index (χ3v) is 15.5. The lowest BCUT2D eigenvalue weighted by molar-refractivity contribution is -0.120. The number of sulfonamides is 2. The standard InChI is InChI=1S/C27H23N5O5S.C26H23N3O6S/c1-16-3-7-19(8-4-16)38(34,35)31-27(33)25(17-6-10-23-24(12-17)37-15-36-23)21-13-32(2)22-11-18(5-9-20(21)22)26-28-14-29-30-26;1-15-3-7-18(8-4-15)36(32,33)28-26(31)24(16-6-10-22-23(12-16)35-14-34-22)20-13-29(2)21-11-17(25(27)30)5-9-19(20)21/h3-14,25H,15H2,1-2H3,(H,31,33)(H,28,29,30);3-13,24H,14H2,1-2H3,(H2,27,30)(H,28,31). The number of H-pyrrole nitrogens is 1. The summed E-state index contributed by atoms with van der Waals surface area (Å²) in [6.07, 6.45) is 5.01. The van der Waals surface area contributed by atoms with Gasteiger partial charge in [0.1, 0.15) is 6.33 Å². The summed E-state index contributed by atoms with van der Waals surface area (Å²) in [7, 11) is -4.61.